The van der Waals surface area contributed by atoms with Crippen molar-refractivity contribution < 1.29 is 19.1 Å². The summed E-state index contributed by atoms with van der Waals surface area (Å²) in [4.78, 5) is 2.26. The van der Waals surface area contributed by atoms with Gasteiger partial charge in [-0.15, -0.1) is 0 Å². The lowest BCUT2D eigenvalue weighted by atomic mass is 9.86. The maximum Gasteiger partial charge on any atom is 0.231 e. The van der Waals surface area contributed by atoms with Crippen molar-refractivity contribution in [1.29, 1.82) is 0 Å². The standard InChI is InChI=1S/C18H22N2O4/c1-11-15(12(2)24-19-11)8-20-6-5-14(16(21)9-20)13-3-4-17-18(7-13)23-10-22-17/h3-4,7,14,16,21H,5-6,8-10H2,1-2H3/t14-,16+/m1/s1. The van der Waals surface area contributed by atoms with Gasteiger partial charge in [0.2, 0.25) is 6.79 Å². The lowest BCUT2D eigenvalue weighted by molar-refractivity contribution is 0.0473. The summed E-state index contributed by atoms with van der Waals surface area (Å²) in [6, 6.07) is 5.96. The molecule has 1 N–H and O–H groups in total. The third-order valence-corrected chi connectivity index (χ3v) is 5.05. The van der Waals surface area contributed by atoms with E-state index >= 15 is 0 Å². The van der Waals surface area contributed by atoms with Crippen LogP contribution in [0.1, 0.15) is 34.9 Å². The Morgan fingerprint density at radius 1 is 1.25 bits per heavy atom. The normalized spacial score (nSPS) is 23.6. The number of aliphatic hydroxyl groups excluding tert-OH is 1. The van der Waals surface area contributed by atoms with Crippen LogP contribution in [0.4, 0.5) is 0 Å². The van der Waals surface area contributed by atoms with E-state index in [-0.39, 0.29) is 12.7 Å². The van der Waals surface area contributed by atoms with Crippen LogP contribution < -0.4 is 9.47 Å². The van der Waals surface area contributed by atoms with E-state index in [0.717, 1.165) is 53.6 Å². The van der Waals surface area contributed by atoms with Gasteiger partial charge in [0.15, 0.2) is 11.5 Å². The molecule has 0 bridgehead atoms. The molecule has 4 rings (SSSR count). The second-order valence-corrected chi connectivity index (χ2v) is 6.61. The molecule has 2 atom stereocenters. The van der Waals surface area contributed by atoms with Crippen molar-refractivity contribution in [3.63, 3.8) is 0 Å². The van der Waals surface area contributed by atoms with Crippen LogP contribution in [0.15, 0.2) is 22.7 Å². The Balaban J connectivity index is 1.45. The summed E-state index contributed by atoms with van der Waals surface area (Å²) in [5.41, 5.74) is 3.17. The highest BCUT2D eigenvalue weighted by Crippen LogP contribution is 2.37. The monoisotopic (exact) mass is 330 g/mol. The first-order chi connectivity index (χ1) is 11.6. The lowest BCUT2D eigenvalue weighted by Crippen LogP contribution is -2.42. The van der Waals surface area contributed by atoms with Gasteiger partial charge in [-0.1, -0.05) is 11.2 Å². The van der Waals surface area contributed by atoms with Crippen molar-refractivity contribution in [1.82, 2.24) is 10.1 Å². The van der Waals surface area contributed by atoms with Crippen LogP contribution in [0.3, 0.4) is 0 Å². The van der Waals surface area contributed by atoms with Crippen LogP contribution in [0.2, 0.25) is 0 Å². The maximum absolute atomic E-state index is 10.7. The van der Waals surface area contributed by atoms with Crippen LogP contribution in [0.25, 0.3) is 0 Å². The highest BCUT2D eigenvalue weighted by molar-refractivity contribution is 5.45. The Labute approximate surface area is 141 Å². The molecule has 128 valence electrons. The highest BCUT2D eigenvalue weighted by Gasteiger charge is 2.30. The number of rotatable bonds is 3. The summed E-state index contributed by atoms with van der Waals surface area (Å²) in [5.74, 6) is 2.54. The van der Waals surface area contributed by atoms with E-state index in [2.05, 4.69) is 10.1 Å². The highest BCUT2D eigenvalue weighted by atomic mass is 16.7. The van der Waals surface area contributed by atoms with Gasteiger partial charge >= 0.3 is 0 Å². The summed E-state index contributed by atoms with van der Waals surface area (Å²) in [6.45, 7) is 6.51. The minimum atomic E-state index is -0.403. The fraction of sp³-hybridized carbons (Fsp3) is 0.500. The molecule has 0 radical (unpaired) electrons. The van der Waals surface area contributed by atoms with Gasteiger partial charge in [0.05, 0.1) is 11.8 Å². The van der Waals surface area contributed by atoms with Crippen LogP contribution in [-0.4, -0.2) is 41.1 Å². The molecule has 24 heavy (non-hydrogen) atoms. The van der Waals surface area contributed by atoms with E-state index in [1.807, 2.05) is 32.0 Å². The molecule has 0 spiro atoms. The van der Waals surface area contributed by atoms with Crippen molar-refractivity contribution in [3.8, 4) is 11.5 Å². The summed E-state index contributed by atoms with van der Waals surface area (Å²) < 4.78 is 16.0. The molecule has 0 unspecified atom stereocenters. The average Bonchev–Trinajstić information content (AvgIpc) is 3.16. The largest absolute Gasteiger partial charge is 0.454 e. The van der Waals surface area contributed by atoms with Gasteiger partial charge in [-0.3, -0.25) is 4.90 Å². The number of benzene rings is 1. The molecule has 1 aromatic heterocycles. The SMILES string of the molecule is Cc1noc(C)c1CN1CC[C@H](c2ccc3c(c2)OCO3)[C@@H](O)C1. The molecule has 0 aliphatic carbocycles. The Bertz CT molecular complexity index is 723. The van der Waals surface area contributed by atoms with E-state index in [9.17, 15) is 5.11 Å². The van der Waals surface area contributed by atoms with Crippen molar-refractivity contribution in [2.24, 2.45) is 0 Å². The van der Waals surface area contributed by atoms with Gasteiger partial charge in [0.25, 0.3) is 0 Å². The van der Waals surface area contributed by atoms with Gasteiger partial charge in [0, 0.05) is 24.6 Å². The van der Waals surface area contributed by atoms with Crippen LogP contribution >= 0.6 is 0 Å². The zero-order valence-electron chi connectivity index (χ0n) is 14.0. The number of fused-ring (bicyclic) bond motifs is 1. The van der Waals surface area contributed by atoms with Crippen molar-refractivity contribution >= 4 is 0 Å². The van der Waals surface area contributed by atoms with Crippen molar-refractivity contribution in [2.75, 3.05) is 19.9 Å². The van der Waals surface area contributed by atoms with E-state index in [4.69, 9.17) is 14.0 Å². The zero-order valence-corrected chi connectivity index (χ0v) is 14.0. The van der Waals surface area contributed by atoms with Gasteiger partial charge in [0.1, 0.15) is 5.76 Å². The molecule has 6 heteroatoms. The maximum atomic E-state index is 10.7. The lowest BCUT2D eigenvalue weighted by Gasteiger charge is -2.36. The van der Waals surface area contributed by atoms with Crippen molar-refractivity contribution in [3.05, 3.63) is 40.8 Å². The molecule has 0 amide bonds. The number of hydrogen-bond donors (Lipinski definition) is 1. The van der Waals surface area contributed by atoms with E-state index in [1.165, 1.54) is 0 Å². The number of likely N-dealkylation sites (tertiary alicyclic amines) is 1. The molecule has 2 aliphatic rings. The first kappa shape index (κ1) is 15.5. The first-order valence-electron chi connectivity index (χ1n) is 8.33. The number of aromatic nitrogens is 1. The number of nitrogens with zero attached hydrogens (tertiary/aromatic N) is 2. The number of ether oxygens (including phenoxy) is 2. The third-order valence-electron chi connectivity index (χ3n) is 5.05. The third kappa shape index (κ3) is 2.76. The molecule has 2 aliphatic heterocycles. The Kier molecular flexibility index (Phi) is 3.94. The van der Waals surface area contributed by atoms with Gasteiger partial charge in [-0.25, -0.2) is 0 Å². The zero-order chi connectivity index (χ0) is 16.7. The molecule has 2 aromatic rings. The van der Waals surface area contributed by atoms with E-state index in [1.54, 1.807) is 0 Å². The Hall–Kier alpha value is -2.05. The summed E-state index contributed by atoms with van der Waals surface area (Å²) in [5, 5.41) is 14.7. The summed E-state index contributed by atoms with van der Waals surface area (Å²) >= 11 is 0. The molecular formula is C18H22N2O4. The fourth-order valence-corrected chi connectivity index (χ4v) is 3.62. The molecule has 1 fully saturated rings. The molecule has 1 aromatic carbocycles. The molecule has 1 saturated heterocycles. The van der Waals surface area contributed by atoms with E-state index < -0.39 is 6.10 Å². The number of aliphatic hydroxyl groups is 1. The van der Waals surface area contributed by atoms with Crippen LogP contribution in [0.5, 0.6) is 11.5 Å². The summed E-state index contributed by atoms with van der Waals surface area (Å²) in [6.07, 6.45) is 0.504. The predicted octanol–water partition coefficient (Wildman–Crippen LogP) is 2.37. The Morgan fingerprint density at radius 3 is 2.83 bits per heavy atom. The fourth-order valence-electron chi connectivity index (χ4n) is 3.62. The van der Waals surface area contributed by atoms with E-state index in [0.29, 0.717) is 6.54 Å². The first-order valence-corrected chi connectivity index (χ1v) is 8.33. The number of hydrogen-bond acceptors (Lipinski definition) is 6. The number of aryl methyl sites for hydroxylation is 2. The molecule has 0 saturated carbocycles. The molecule has 6 nitrogen and oxygen atoms in total. The second kappa shape index (κ2) is 6.11. The van der Waals surface area contributed by atoms with Crippen LogP contribution in [-0.2, 0) is 6.54 Å². The molecular weight excluding hydrogens is 308 g/mol. The minimum Gasteiger partial charge on any atom is -0.454 e. The smallest absolute Gasteiger partial charge is 0.231 e. The summed E-state index contributed by atoms with van der Waals surface area (Å²) in [7, 11) is 0. The average molecular weight is 330 g/mol. The van der Waals surface area contributed by atoms with Crippen LogP contribution in [0, 0.1) is 13.8 Å². The van der Waals surface area contributed by atoms with Crippen molar-refractivity contribution in [2.45, 2.75) is 38.8 Å². The van der Waals surface area contributed by atoms with Gasteiger partial charge in [-0.05, 0) is 44.5 Å². The van der Waals surface area contributed by atoms with Gasteiger partial charge in [-0.2, -0.15) is 0 Å². The number of β-amino-alcohol motifs (C(OH)–C–C–N with tert-alkyl or cyclic N) is 1. The van der Waals surface area contributed by atoms with Gasteiger partial charge < -0.3 is 19.1 Å². The number of piperidine rings is 1. The second-order valence-electron chi connectivity index (χ2n) is 6.61. The predicted molar refractivity (Wildman–Crippen MR) is 87.2 cm³/mol. The molecule has 3 heterocycles. The minimum absolute atomic E-state index is 0.125. The topological polar surface area (TPSA) is 68.0 Å². The Morgan fingerprint density at radius 2 is 2.08 bits per heavy atom. The quantitative estimate of drug-likeness (QED) is 0.932.